The number of urea groups is 2. The quantitative estimate of drug-likeness (QED) is 0.489. The SMILES string of the molecule is C[C](C)C(CCNC(N)=O)NC(N)=O. The van der Waals surface area contributed by atoms with Crippen molar-refractivity contribution < 1.29 is 9.59 Å². The molecule has 1 unspecified atom stereocenters. The molecule has 1 radical (unpaired) electrons. The van der Waals surface area contributed by atoms with Gasteiger partial charge in [0, 0.05) is 12.6 Å². The Kier molecular flexibility index (Phi) is 5.43. The van der Waals surface area contributed by atoms with Gasteiger partial charge in [-0.25, -0.2) is 9.59 Å². The van der Waals surface area contributed by atoms with Crippen molar-refractivity contribution in [3.05, 3.63) is 5.92 Å². The molecule has 0 saturated heterocycles. The molecule has 0 saturated carbocycles. The summed E-state index contributed by atoms with van der Waals surface area (Å²) in [5.41, 5.74) is 9.87. The number of amides is 4. The first-order valence-electron chi connectivity index (χ1n) is 4.32. The van der Waals surface area contributed by atoms with Crippen LogP contribution in [0.1, 0.15) is 20.3 Å². The van der Waals surface area contributed by atoms with Crippen molar-refractivity contribution in [2.24, 2.45) is 11.5 Å². The molecule has 0 aliphatic heterocycles. The molecule has 14 heavy (non-hydrogen) atoms. The molecule has 0 aromatic rings. The highest BCUT2D eigenvalue weighted by Crippen LogP contribution is 2.06. The van der Waals surface area contributed by atoms with Gasteiger partial charge in [-0.3, -0.25) is 0 Å². The molecule has 0 aliphatic carbocycles. The monoisotopic (exact) mass is 201 g/mol. The van der Waals surface area contributed by atoms with Gasteiger partial charge in [0.1, 0.15) is 0 Å². The topological polar surface area (TPSA) is 110 Å². The molecule has 0 rings (SSSR count). The summed E-state index contributed by atoms with van der Waals surface area (Å²) >= 11 is 0. The van der Waals surface area contributed by atoms with E-state index in [-0.39, 0.29) is 6.04 Å². The minimum atomic E-state index is -0.574. The van der Waals surface area contributed by atoms with Gasteiger partial charge in [-0.2, -0.15) is 0 Å². The fraction of sp³-hybridized carbons (Fsp3) is 0.625. The Morgan fingerprint density at radius 3 is 2.14 bits per heavy atom. The average Bonchev–Trinajstić information content (AvgIpc) is 2.00. The third-order valence-corrected chi connectivity index (χ3v) is 1.75. The van der Waals surface area contributed by atoms with Crippen LogP contribution in [-0.2, 0) is 0 Å². The number of primary amides is 2. The van der Waals surface area contributed by atoms with Crippen molar-refractivity contribution in [3.63, 3.8) is 0 Å². The van der Waals surface area contributed by atoms with Crippen LogP contribution in [0.3, 0.4) is 0 Å². The lowest BCUT2D eigenvalue weighted by atomic mass is 10.0. The zero-order valence-electron chi connectivity index (χ0n) is 8.46. The summed E-state index contributed by atoms with van der Waals surface area (Å²) in [6.07, 6.45) is 0.578. The van der Waals surface area contributed by atoms with Crippen LogP contribution in [0.2, 0.25) is 0 Å². The Labute approximate surface area is 83.4 Å². The van der Waals surface area contributed by atoms with Gasteiger partial charge >= 0.3 is 12.1 Å². The molecular weight excluding hydrogens is 184 g/mol. The standard InChI is InChI=1S/C8H17N4O2/c1-5(2)6(12-8(10)14)3-4-11-7(9)13/h6H,3-4H2,1-2H3,(H3,9,11,13)(H3,10,12,14). The fourth-order valence-corrected chi connectivity index (χ4v) is 1.02. The van der Waals surface area contributed by atoms with Crippen molar-refractivity contribution in [3.8, 4) is 0 Å². The summed E-state index contributed by atoms with van der Waals surface area (Å²) in [6, 6.07) is -1.27. The maximum atomic E-state index is 10.6. The first-order valence-corrected chi connectivity index (χ1v) is 4.32. The van der Waals surface area contributed by atoms with Gasteiger partial charge in [0.15, 0.2) is 0 Å². The largest absolute Gasteiger partial charge is 0.352 e. The fourth-order valence-electron chi connectivity index (χ4n) is 1.02. The molecule has 0 aromatic carbocycles. The molecule has 6 nitrogen and oxygen atoms in total. The lowest BCUT2D eigenvalue weighted by Gasteiger charge is -2.20. The maximum Gasteiger partial charge on any atom is 0.312 e. The van der Waals surface area contributed by atoms with Crippen LogP contribution < -0.4 is 22.1 Å². The van der Waals surface area contributed by atoms with Crippen molar-refractivity contribution in [1.29, 1.82) is 0 Å². The van der Waals surface area contributed by atoms with Crippen molar-refractivity contribution >= 4 is 12.1 Å². The number of nitrogens with one attached hydrogen (secondary N) is 2. The lowest BCUT2D eigenvalue weighted by Crippen LogP contribution is -2.43. The van der Waals surface area contributed by atoms with Crippen LogP contribution in [0.4, 0.5) is 9.59 Å². The zero-order chi connectivity index (χ0) is 11.1. The molecule has 0 aliphatic rings. The van der Waals surface area contributed by atoms with Crippen LogP contribution in [0, 0.1) is 5.92 Å². The highest BCUT2D eigenvalue weighted by Gasteiger charge is 2.14. The highest BCUT2D eigenvalue weighted by molar-refractivity contribution is 5.72. The van der Waals surface area contributed by atoms with Gasteiger partial charge in [-0.1, -0.05) is 13.8 Å². The Morgan fingerprint density at radius 1 is 1.21 bits per heavy atom. The van der Waals surface area contributed by atoms with E-state index in [1.807, 2.05) is 13.8 Å². The summed E-state index contributed by atoms with van der Waals surface area (Å²) in [4.78, 5) is 21.0. The van der Waals surface area contributed by atoms with Crippen LogP contribution in [0.15, 0.2) is 0 Å². The summed E-state index contributed by atoms with van der Waals surface area (Å²) in [5.74, 6) is 1.02. The van der Waals surface area contributed by atoms with Gasteiger partial charge in [-0.05, 0) is 12.3 Å². The highest BCUT2D eigenvalue weighted by atomic mass is 16.2. The second-order valence-corrected chi connectivity index (χ2v) is 3.22. The van der Waals surface area contributed by atoms with E-state index in [0.29, 0.717) is 13.0 Å². The van der Waals surface area contributed by atoms with Crippen LogP contribution in [0.25, 0.3) is 0 Å². The molecule has 1 atom stereocenters. The Morgan fingerprint density at radius 2 is 1.79 bits per heavy atom. The normalized spacial score (nSPS) is 12.2. The molecular formula is C8H17N4O2. The number of nitrogens with two attached hydrogens (primary N) is 2. The van der Waals surface area contributed by atoms with E-state index >= 15 is 0 Å². The van der Waals surface area contributed by atoms with E-state index in [0.717, 1.165) is 5.92 Å². The first-order chi connectivity index (χ1) is 6.43. The van der Waals surface area contributed by atoms with Gasteiger partial charge in [0.25, 0.3) is 0 Å². The molecule has 0 fully saturated rings. The number of carbonyl (C=O) groups excluding carboxylic acids is 2. The predicted molar refractivity (Wildman–Crippen MR) is 53.3 cm³/mol. The number of rotatable bonds is 5. The first kappa shape index (κ1) is 12.5. The van der Waals surface area contributed by atoms with E-state index in [9.17, 15) is 9.59 Å². The van der Waals surface area contributed by atoms with Crippen molar-refractivity contribution in [2.45, 2.75) is 26.3 Å². The van der Waals surface area contributed by atoms with Gasteiger partial charge in [0.2, 0.25) is 0 Å². The number of carbonyl (C=O) groups is 2. The van der Waals surface area contributed by atoms with Gasteiger partial charge < -0.3 is 22.1 Å². The van der Waals surface area contributed by atoms with E-state index in [4.69, 9.17) is 11.5 Å². The van der Waals surface area contributed by atoms with Crippen molar-refractivity contribution in [2.75, 3.05) is 6.54 Å². The molecule has 6 N–H and O–H groups in total. The summed E-state index contributed by atoms with van der Waals surface area (Å²) in [6.45, 7) is 4.17. The summed E-state index contributed by atoms with van der Waals surface area (Å²) in [7, 11) is 0. The second-order valence-electron chi connectivity index (χ2n) is 3.22. The number of hydrogen-bond donors (Lipinski definition) is 4. The Bertz CT molecular complexity index is 206. The van der Waals surface area contributed by atoms with E-state index in [1.54, 1.807) is 0 Å². The minimum Gasteiger partial charge on any atom is -0.352 e. The van der Waals surface area contributed by atoms with E-state index in [2.05, 4.69) is 10.6 Å². The summed E-state index contributed by atoms with van der Waals surface area (Å²) < 4.78 is 0. The van der Waals surface area contributed by atoms with Gasteiger partial charge in [-0.15, -0.1) is 0 Å². The summed E-state index contributed by atoms with van der Waals surface area (Å²) in [5, 5.41) is 5.00. The molecule has 81 valence electrons. The Balaban J connectivity index is 3.85. The van der Waals surface area contributed by atoms with Crippen molar-refractivity contribution in [1.82, 2.24) is 10.6 Å². The smallest absolute Gasteiger partial charge is 0.312 e. The number of hydrogen-bond acceptors (Lipinski definition) is 2. The molecule has 0 bridgehead atoms. The van der Waals surface area contributed by atoms with Crippen LogP contribution in [-0.4, -0.2) is 24.6 Å². The molecule has 0 heterocycles. The maximum absolute atomic E-state index is 10.6. The molecule has 6 heteroatoms. The Hall–Kier alpha value is -1.46. The molecule has 0 spiro atoms. The molecule has 4 amide bonds. The third kappa shape index (κ3) is 6.10. The van der Waals surface area contributed by atoms with Crippen LogP contribution in [0.5, 0.6) is 0 Å². The minimum absolute atomic E-state index is 0.126. The van der Waals surface area contributed by atoms with Gasteiger partial charge in [0.05, 0.1) is 0 Å². The lowest BCUT2D eigenvalue weighted by molar-refractivity contribution is 0.244. The third-order valence-electron chi connectivity index (χ3n) is 1.75. The predicted octanol–water partition coefficient (Wildman–Crippen LogP) is -0.304. The average molecular weight is 201 g/mol. The van der Waals surface area contributed by atoms with Crippen LogP contribution >= 0.6 is 0 Å². The molecule has 0 aromatic heterocycles. The second kappa shape index (κ2) is 6.06. The zero-order valence-corrected chi connectivity index (χ0v) is 8.46. The van der Waals surface area contributed by atoms with E-state index in [1.165, 1.54) is 0 Å². The van der Waals surface area contributed by atoms with E-state index < -0.39 is 12.1 Å².